The van der Waals surface area contributed by atoms with Crippen molar-refractivity contribution in [3.05, 3.63) is 89.7 Å². The number of unbranched alkanes of at least 4 members (excludes halogenated alkanes) is 1. The first-order valence-corrected chi connectivity index (χ1v) is 16.3. The Balaban J connectivity index is -0.000000243. The normalized spacial score (nSPS) is 9.57. The number of hydrogen-bond donors (Lipinski definition) is 0. The fraction of sp³-hybridized carbons (Fsp3) is 0.513. The van der Waals surface area contributed by atoms with Crippen LogP contribution >= 0.6 is 0 Å². The van der Waals surface area contributed by atoms with Crippen molar-refractivity contribution >= 4 is 22.3 Å². The van der Waals surface area contributed by atoms with Gasteiger partial charge >= 0.3 is 0 Å². The molecule has 1 aromatic heterocycles. The second-order valence-corrected chi connectivity index (χ2v) is 10.5. The Labute approximate surface area is 278 Å². The lowest BCUT2D eigenvalue weighted by atomic mass is 10.1. The zero-order valence-corrected chi connectivity index (χ0v) is 31.0. The third-order valence-corrected chi connectivity index (χ3v) is 4.98. The number of pyridine rings is 1. The summed E-state index contributed by atoms with van der Waals surface area (Å²) in [6, 6.07) is 10.8. The number of fused-ring (bicyclic) bond motifs is 1. The second kappa shape index (κ2) is 32.9. The highest BCUT2D eigenvalue weighted by atomic mass is 19.2. The lowest BCUT2D eigenvalue weighted by Gasteiger charge is -2.10. The summed E-state index contributed by atoms with van der Waals surface area (Å²) in [4.78, 5) is 24.2. The van der Waals surface area contributed by atoms with E-state index in [1.165, 1.54) is 51.3 Å². The number of rotatable bonds is 7. The number of nitrogens with zero attached hydrogens (tertiary/aromatic N) is 1. The zero-order valence-electron chi connectivity index (χ0n) is 31.0. The van der Waals surface area contributed by atoms with E-state index >= 15 is 0 Å². The van der Waals surface area contributed by atoms with Gasteiger partial charge in [-0.1, -0.05) is 93.4 Å². The molecule has 1 unspecified atom stereocenters. The summed E-state index contributed by atoms with van der Waals surface area (Å²) in [5.74, 6) is -0.301. The summed E-state index contributed by atoms with van der Waals surface area (Å²) in [5, 5.41) is 1.88. The molecule has 0 aliphatic heterocycles. The Morgan fingerprint density at radius 2 is 1.39 bits per heavy atom. The molecule has 0 aliphatic rings. The van der Waals surface area contributed by atoms with Crippen LogP contribution < -0.4 is 0 Å². The van der Waals surface area contributed by atoms with Gasteiger partial charge in [-0.2, -0.15) is 0 Å². The molecule has 3 aromatic rings. The van der Waals surface area contributed by atoms with Gasteiger partial charge in [-0.15, -0.1) is 0 Å². The molecular formula is C39H62F3NO3. The number of halogens is 3. The molecule has 0 radical (unpaired) electrons. The molecule has 0 aliphatic carbocycles. The van der Waals surface area contributed by atoms with Gasteiger partial charge in [0.05, 0.1) is 12.4 Å². The molecular weight excluding hydrogens is 587 g/mol. The largest absolute Gasteiger partial charge is 0.499 e. The minimum atomic E-state index is -0.764. The maximum Gasteiger partial charge on any atom is 0.161 e. The number of aromatic nitrogens is 1. The van der Waals surface area contributed by atoms with E-state index in [2.05, 4.69) is 39.3 Å². The molecule has 0 spiro atoms. The molecule has 0 N–H and O–H groups in total. The summed E-state index contributed by atoms with van der Waals surface area (Å²) < 4.78 is 42.9. The van der Waals surface area contributed by atoms with E-state index in [-0.39, 0.29) is 17.4 Å². The van der Waals surface area contributed by atoms with Gasteiger partial charge in [-0.3, -0.25) is 4.98 Å². The van der Waals surface area contributed by atoms with Crippen molar-refractivity contribution < 1.29 is 27.5 Å². The van der Waals surface area contributed by atoms with Crippen molar-refractivity contribution in [2.24, 2.45) is 5.92 Å². The number of Topliss-reactive ketones (excluding diaryl/α,β-unsaturated/α-hetero) is 2. The maximum absolute atomic E-state index is 12.7. The Hall–Kier alpha value is -3.48. The third kappa shape index (κ3) is 31.9. The molecule has 7 heteroatoms. The van der Waals surface area contributed by atoms with Crippen molar-refractivity contribution in [2.45, 2.75) is 122 Å². The first-order chi connectivity index (χ1) is 21.6. The van der Waals surface area contributed by atoms with Crippen molar-refractivity contribution in [3.63, 3.8) is 0 Å². The van der Waals surface area contributed by atoms with E-state index < -0.39 is 11.6 Å². The average Bonchev–Trinajstić information content (AvgIpc) is 2.99. The van der Waals surface area contributed by atoms with Crippen LogP contribution in [-0.2, 0) is 20.7 Å². The molecule has 262 valence electrons. The standard InChI is InChI=1S/C10H8FN.C9H16O2.C8H8F2.C4H10.C3H6O.C3H8.C2H6/c1-7-4-9-5-10(11)3-2-8(9)6-12-7;1-7(2)11-6-8(3)5-9(4)10;1-2-6-4-3-5-7(9)8(6)10;1-3-4-2;1-3(2)4;1-3-2;1-2/h2-6H,1H3;8H,1,5-6H2,2-4H3;3-5H,2H2,1H3;3-4H2,1-2H3;1-2H3;3H2,1-2H3;1-2H3. The smallest absolute Gasteiger partial charge is 0.161 e. The van der Waals surface area contributed by atoms with Gasteiger partial charge in [0.25, 0.3) is 0 Å². The van der Waals surface area contributed by atoms with Crippen LogP contribution in [0.15, 0.2) is 61.0 Å². The number of ketones is 2. The van der Waals surface area contributed by atoms with Crippen molar-refractivity contribution in [2.75, 3.05) is 6.61 Å². The van der Waals surface area contributed by atoms with Gasteiger partial charge in [-0.05, 0) is 88.2 Å². The van der Waals surface area contributed by atoms with E-state index in [0.717, 1.165) is 22.5 Å². The molecule has 0 amide bonds. The summed E-state index contributed by atoms with van der Waals surface area (Å²) in [7, 11) is 0. The third-order valence-electron chi connectivity index (χ3n) is 4.98. The van der Waals surface area contributed by atoms with E-state index in [1.54, 1.807) is 39.1 Å². The first kappa shape index (κ1) is 49.4. The molecule has 0 saturated carbocycles. The van der Waals surface area contributed by atoms with Crippen molar-refractivity contribution in [1.29, 1.82) is 0 Å². The van der Waals surface area contributed by atoms with Gasteiger partial charge in [0.15, 0.2) is 11.6 Å². The van der Waals surface area contributed by atoms with E-state index in [0.29, 0.717) is 36.7 Å². The summed E-state index contributed by atoms with van der Waals surface area (Å²) in [5.41, 5.74) is 1.34. The van der Waals surface area contributed by atoms with E-state index in [9.17, 15) is 22.8 Å². The molecule has 1 heterocycles. The molecule has 0 saturated heterocycles. The summed E-state index contributed by atoms with van der Waals surface area (Å²) in [6.45, 7) is 28.9. The lowest BCUT2D eigenvalue weighted by molar-refractivity contribution is -0.118. The highest BCUT2D eigenvalue weighted by molar-refractivity contribution is 5.81. The Morgan fingerprint density at radius 1 is 0.870 bits per heavy atom. The molecule has 3 rings (SSSR count). The number of hydrogen-bond acceptors (Lipinski definition) is 4. The summed E-state index contributed by atoms with van der Waals surface area (Å²) in [6.07, 6.45) is 6.76. The number of benzene rings is 2. The van der Waals surface area contributed by atoms with Gasteiger partial charge in [0, 0.05) is 23.7 Å². The molecule has 0 fully saturated rings. The molecule has 1 atom stereocenters. The maximum atomic E-state index is 12.7. The minimum absolute atomic E-state index is 0.167. The quantitative estimate of drug-likeness (QED) is 0.239. The van der Waals surface area contributed by atoms with Gasteiger partial charge in [0.2, 0.25) is 0 Å². The number of aryl methyl sites for hydroxylation is 2. The van der Waals surface area contributed by atoms with Crippen LogP contribution in [-0.4, -0.2) is 23.2 Å². The zero-order chi connectivity index (χ0) is 36.7. The number of allylic oxidation sites excluding steroid dienone is 1. The monoisotopic (exact) mass is 649 g/mol. The van der Waals surface area contributed by atoms with E-state index in [1.807, 2.05) is 33.8 Å². The van der Waals surface area contributed by atoms with Crippen LogP contribution in [0.4, 0.5) is 13.2 Å². The highest BCUT2D eigenvalue weighted by Crippen LogP contribution is 2.15. The predicted octanol–water partition coefficient (Wildman–Crippen LogP) is 12.2. The predicted molar refractivity (Wildman–Crippen MR) is 192 cm³/mol. The van der Waals surface area contributed by atoms with Crippen molar-refractivity contribution in [3.8, 4) is 0 Å². The average molecular weight is 650 g/mol. The molecule has 2 aromatic carbocycles. The fourth-order valence-electron chi connectivity index (χ4n) is 2.88. The molecule has 0 bridgehead atoms. The number of carbonyl (C=O) groups is 2. The van der Waals surface area contributed by atoms with Crippen LogP contribution in [0, 0.1) is 30.3 Å². The van der Waals surface area contributed by atoms with Gasteiger partial charge < -0.3 is 14.3 Å². The number of ether oxygens (including phenoxy) is 1. The molecule has 4 nitrogen and oxygen atoms in total. The van der Waals surface area contributed by atoms with Gasteiger partial charge in [0.1, 0.15) is 17.4 Å². The Morgan fingerprint density at radius 3 is 1.80 bits per heavy atom. The van der Waals surface area contributed by atoms with Crippen LogP contribution in [0.3, 0.4) is 0 Å². The minimum Gasteiger partial charge on any atom is -0.499 e. The lowest BCUT2D eigenvalue weighted by Crippen LogP contribution is -2.08. The van der Waals surface area contributed by atoms with Crippen LogP contribution in [0.2, 0.25) is 0 Å². The Kier molecular flexibility index (Phi) is 35.3. The summed E-state index contributed by atoms with van der Waals surface area (Å²) >= 11 is 0. The topological polar surface area (TPSA) is 56.3 Å². The second-order valence-electron chi connectivity index (χ2n) is 10.5. The van der Waals surface area contributed by atoms with Crippen LogP contribution in [0.25, 0.3) is 10.8 Å². The first-order valence-electron chi connectivity index (χ1n) is 16.3. The Bertz CT molecular complexity index is 1170. The van der Waals surface area contributed by atoms with Crippen LogP contribution in [0.1, 0.15) is 120 Å². The SMILES string of the molecule is C=C(C)OCC(C)CC(C)=O.CC.CC(C)=O.CCC.CCCC.CCc1cccc(F)c1F.Cc1cc2cc(F)ccc2cn1. The van der Waals surface area contributed by atoms with Crippen LogP contribution in [0.5, 0.6) is 0 Å². The number of carbonyl (C=O) groups excluding carboxylic acids is 2. The fourth-order valence-corrected chi connectivity index (χ4v) is 2.88. The van der Waals surface area contributed by atoms with E-state index in [4.69, 9.17) is 4.74 Å². The highest BCUT2D eigenvalue weighted by Gasteiger charge is 2.05. The van der Waals surface area contributed by atoms with Gasteiger partial charge in [-0.25, -0.2) is 13.2 Å². The molecule has 46 heavy (non-hydrogen) atoms. The van der Waals surface area contributed by atoms with Crippen molar-refractivity contribution in [1.82, 2.24) is 4.98 Å².